The maximum Gasteiger partial charge on any atom is 0.0113 e. The van der Waals surface area contributed by atoms with E-state index in [-0.39, 0.29) is 0 Å². The second kappa shape index (κ2) is 3.56. The van der Waals surface area contributed by atoms with Crippen LogP contribution in [0, 0.1) is 0 Å². The molecule has 0 unspecified atom stereocenters. The van der Waals surface area contributed by atoms with Crippen LogP contribution in [0.5, 0.6) is 0 Å². The Morgan fingerprint density at radius 1 is 1.38 bits per heavy atom. The molecule has 0 bridgehead atoms. The van der Waals surface area contributed by atoms with E-state index in [9.17, 15) is 0 Å². The number of allylic oxidation sites excluding steroid dienone is 2. The fourth-order valence-electron chi connectivity index (χ4n) is 0.296. The molecule has 0 aliphatic rings. The largest absolute Gasteiger partial charge is 0.403 e. The lowest BCUT2D eigenvalue weighted by atomic mass is 10.2. The van der Waals surface area contributed by atoms with Crippen molar-refractivity contribution in [2.24, 2.45) is 5.73 Å². The fraction of sp³-hybridized carbons (Fsp3) is 0.333. The van der Waals surface area contributed by atoms with Gasteiger partial charge in [-0.15, -0.1) is 0 Å². The molecule has 0 aliphatic heterocycles. The van der Waals surface area contributed by atoms with Crippen LogP contribution in [0.15, 0.2) is 23.9 Å². The molecule has 0 fully saturated rings. The molecule has 0 radical (unpaired) electrons. The molecule has 46 valence electrons. The van der Waals surface area contributed by atoms with Gasteiger partial charge in [-0.25, -0.2) is 0 Å². The van der Waals surface area contributed by atoms with Crippen molar-refractivity contribution in [1.29, 1.82) is 0 Å². The SMILES string of the molecule is C=C(N)CCC(=C)Cl. The first-order valence-corrected chi connectivity index (χ1v) is 2.77. The highest BCUT2D eigenvalue weighted by Gasteiger charge is 1.88. The summed E-state index contributed by atoms with van der Waals surface area (Å²) in [4.78, 5) is 0. The normalized spacial score (nSPS) is 8.62. The summed E-state index contributed by atoms with van der Waals surface area (Å²) in [6, 6.07) is 0. The van der Waals surface area contributed by atoms with Crippen molar-refractivity contribution in [3.8, 4) is 0 Å². The van der Waals surface area contributed by atoms with Crippen molar-refractivity contribution < 1.29 is 0 Å². The average Bonchev–Trinajstić information content (AvgIpc) is 1.61. The molecule has 0 rings (SSSR count). The number of hydrogen-bond acceptors (Lipinski definition) is 1. The van der Waals surface area contributed by atoms with Gasteiger partial charge in [-0.3, -0.25) is 0 Å². The van der Waals surface area contributed by atoms with E-state index in [4.69, 9.17) is 17.3 Å². The summed E-state index contributed by atoms with van der Waals surface area (Å²) < 4.78 is 0. The van der Waals surface area contributed by atoms with Gasteiger partial charge in [-0.05, 0) is 12.8 Å². The summed E-state index contributed by atoms with van der Waals surface area (Å²) in [6.07, 6.45) is 1.47. The topological polar surface area (TPSA) is 26.0 Å². The average molecular weight is 132 g/mol. The monoisotopic (exact) mass is 131 g/mol. The summed E-state index contributed by atoms with van der Waals surface area (Å²) in [5, 5.41) is 0.636. The molecule has 0 aromatic heterocycles. The summed E-state index contributed by atoms with van der Waals surface area (Å²) in [5.41, 5.74) is 5.91. The van der Waals surface area contributed by atoms with Crippen LogP contribution in [-0.2, 0) is 0 Å². The van der Waals surface area contributed by atoms with Crippen LogP contribution >= 0.6 is 11.6 Å². The predicted octanol–water partition coefficient (Wildman–Crippen LogP) is 1.99. The molecule has 2 heteroatoms. The number of nitrogens with two attached hydrogens (primary N) is 1. The molecule has 0 aromatic carbocycles. The molecule has 0 heterocycles. The van der Waals surface area contributed by atoms with Crippen LogP contribution in [-0.4, -0.2) is 0 Å². The van der Waals surface area contributed by atoms with Crippen molar-refractivity contribution in [3.63, 3.8) is 0 Å². The van der Waals surface area contributed by atoms with E-state index in [1.807, 2.05) is 0 Å². The van der Waals surface area contributed by atoms with E-state index in [2.05, 4.69) is 13.2 Å². The summed E-state index contributed by atoms with van der Waals surface area (Å²) in [7, 11) is 0. The third kappa shape index (κ3) is 5.57. The van der Waals surface area contributed by atoms with Gasteiger partial charge in [0.15, 0.2) is 0 Å². The van der Waals surface area contributed by atoms with E-state index in [1.165, 1.54) is 0 Å². The first-order valence-electron chi connectivity index (χ1n) is 2.39. The molecule has 0 aromatic rings. The molecule has 0 amide bonds. The van der Waals surface area contributed by atoms with Crippen molar-refractivity contribution in [1.82, 2.24) is 0 Å². The lowest BCUT2D eigenvalue weighted by Gasteiger charge is -1.94. The maximum atomic E-state index is 5.43. The molecule has 0 saturated carbocycles. The molecule has 8 heavy (non-hydrogen) atoms. The Morgan fingerprint density at radius 2 is 1.88 bits per heavy atom. The first-order chi connectivity index (χ1) is 3.63. The third-order valence-corrected chi connectivity index (χ3v) is 0.906. The predicted molar refractivity (Wildman–Crippen MR) is 37.6 cm³/mol. The Hall–Kier alpha value is -0.430. The van der Waals surface area contributed by atoms with Crippen LogP contribution in [0.2, 0.25) is 0 Å². The Bertz CT molecular complexity index is 93.1. The van der Waals surface area contributed by atoms with Crippen molar-refractivity contribution in [2.75, 3.05) is 0 Å². The highest BCUT2D eigenvalue weighted by atomic mass is 35.5. The molecule has 0 saturated heterocycles. The standard InChI is InChI=1S/C6H10ClN/c1-5(7)3-4-6(2)8/h1-4,8H2. The Morgan fingerprint density at radius 3 is 2.00 bits per heavy atom. The summed E-state index contributed by atoms with van der Waals surface area (Å²) >= 11 is 5.43. The van der Waals surface area contributed by atoms with Crippen molar-refractivity contribution in [3.05, 3.63) is 23.9 Å². The number of rotatable bonds is 3. The molecular formula is C6H10ClN. The Balaban J connectivity index is 3.18. The van der Waals surface area contributed by atoms with Gasteiger partial charge in [0.25, 0.3) is 0 Å². The molecule has 0 spiro atoms. The van der Waals surface area contributed by atoms with Gasteiger partial charge in [0.1, 0.15) is 0 Å². The highest BCUT2D eigenvalue weighted by molar-refractivity contribution is 6.29. The molecule has 1 nitrogen and oxygen atoms in total. The zero-order valence-corrected chi connectivity index (χ0v) is 5.54. The van der Waals surface area contributed by atoms with E-state index in [0.717, 1.165) is 12.8 Å². The van der Waals surface area contributed by atoms with E-state index < -0.39 is 0 Å². The minimum absolute atomic E-state index is 0.636. The highest BCUT2D eigenvalue weighted by Crippen LogP contribution is 2.07. The van der Waals surface area contributed by atoms with E-state index in [1.54, 1.807) is 0 Å². The maximum absolute atomic E-state index is 5.43. The van der Waals surface area contributed by atoms with Gasteiger partial charge < -0.3 is 5.73 Å². The van der Waals surface area contributed by atoms with E-state index >= 15 is 0 Å². The van der Waals surface area contributed by atoms with Gasteiger partial charge in [0.2, 0.25) is 0 Å². The minimum atomic E-state index is 0.636. The van der Waals surface area contributed by atoms with Gasteiger partial charge in [0, 0.05) is 10.7 Å². The quantitative estimate of drug-likeness (QED) is 0.623. The van der Waals surface area contributed by atoms with Gasteiger partial charge in [-0.1, -0.05) is 24.8 Å². The van der Waals surface area contributed by atoms with Crippen molar-refractivity contribution in [2.45, 2.75) is 12.8 Å². The van der Waals surface area contributed by atoms with Gasteiger partial charge in [-0.2, -0.15) is 0 Å². The minimum Gasteiger partial charge on any atom is -0.403 e. The van der Waals surface area contributed by atoms with Crippen LogP contribution < -0.4 is 5.73 Å². The smallest absolute Gasteiger partial charge is 0.0113 e. The van der Waals surface area contributed by atoms with Crippen LogP contribution in [0.25, 0.3) is 0 Å². The zero-order chi connectivity index (χ0) is 6.57. The number of halogens is 1. The molecule has 2 N–H and O–H groups in total. The lowest BCUT2D eigenvalue weighted by Crippen LogP contribution is -1.93. The summed E-state index contributed by atoms with van der Waals surface area (Å²) in [5.74, 6) is 0. The van der Waals surface area contributed by atoms with Crippen LogP contribution in [0.1, 0.15) is 12.8 Å². The van der Waals surface area contributed by atoms with Gasteiger partial charge in [0.05, 0.1) is 0 Å². The van der Waals surface area contributed by atoms with E-state index in [0.29, 0.717) is 10.7 Å². The van der Waals surface area contributed by atoms with Crippen molar-refractivity contribution >= 4 is 11.6 Å². The zero-order valence-electron chi connectivity index (χ0n) is 4.78. The Labute approximate surface area is 54.8 Å². The second-order valence-corrected chi connectivity index (χ2v) is 2.21. The molecule has 0 atom stereocenters. The summed E-state index contributed by atoms with van der Waals surface area (Å²) in [6.45, 7) is 7.00. The first kappa shape index (κ1) is 7.57. The van der Waals surface area contributed by atoms with Crippen LogP contribution in [0.4, 0.5) is 0 Å². The second-order valence-electron chi connectivity index (χ2n) is 1.68. The van der Waals surface area contributed by atoms with Gasteiger partial charge >= 0.3 is 0 Å². The lowest BCUT2D eigenvalue weighted by molar-refractivity contribution is 0.956. The third-order valence-electron chi connectivity index (χ3n) is 0.717. The molecule has 0 aliphatic carbocycles. The number of hydrogen-bond donors (Lipinski definition) is 1. The fourth-order valence-corrected chi connectivity index (χ4v) is 0.391. The Kier molecular flexibility index (Phi) is 3.37. The molecular weight excluding hydrogens is 122 g/mol. The van der Waals surface area contributed by atoms with Crippen LogP contribution in [0.3, 0.4) is 0 Å².